The molecule has 0 saturated heterocycles. The van der Waals surface area contributed by atoms with Gasteiger partial charge in [-0.05, 0) is 0 Å². The molecule has 6 heteroatoms. The number of aromatic nitrogens is 2. The maximum absolute atomic E-state index is 10.8. The Morgan fingerprint density at radius 2 is 2.54 bits per heavy atom. The lowest BCUT2D eigenvalue weighted by molar-refractivity contribution is 0.0686. The van der Waals surface area contributed by atoms with Crippen molar-refractivity contribution in [2.75, 3.05) is 18.5 Å². The van der Waals surface area contributed by atoms with Crippen molar-refractivity contribution in [2.24, 2.45) is 7.05 Å². The van der Waals surface area contributed by atoms with Gasteiger partial charge in [0.1, 0.15) is 12.3 Å². The van der Waals surface area contributed by atoms with Crippen LogP contribution >= 0.6 is 0 Å². The third kappa shape index (κ3) is 1.10. The Balaban J connectivity index is 2.54. The normalized spacial score (nSPS) is 14.2. The number of nitrogens with one attached hydrogen (secondary N) is 1. The van der Waals surface area contributed by atoms with Crippen LogP contribution in [0.4, 0.5) is 5.69 Å². The second kappa shape index (κ2) is 2.65. The lowest BCUT2D eigenvalue weighted by atomic mass is 10.3. The molecule has 0 aliphatic carbocycles. The molecular formula is C7H9N3O3. The second-order valence-electron chi connectivity index (χ2n) is 2.73. The van der Waals surface area contributed by atoms with Gasteiger partial charge in [-0.2, -0.15) is 0 Å². The fraction of sp³-hybridized carbons (Fsp3) is 0.429. The van der Waals surface area contributed by atoms with E-state index in [2.05, 4.69) is 10.4 Å². The fourth-order valence-corrected chi connectivity index (χ4v) is 1.33. The molecule has 13 heavy (non-hydrogen) atoms. The maximum atomic E-state index is 10.8. The zero-order chi connectivity index (χ0) is 9.42. The van der Waals surface area contributed by atoms with Gasteiger partial charge in [0.05, 0.1) is 0 Å². The van der Waals surface area contributed by atoms with Crippen LogP contribution in [0.1, 0.15) is 10.5 Å². The van der Waals surface area contributed by atoms with Crippen molar-refractivity contribution >= 4 is 11.7 Å². The molecule has 0 radical (unpaired) electrons. The van der Waals surface area contributed by atoms with E-state index < -0.39 is 5.97 Å². The molecule has 1 aliphatic rings. The number of rotatable bonds is 1. The summed E-state index contributed by atoms with van der Waals surface area (Å²) in [6.07, 6.45) is 0. The fourth-order valence-electron chi connectivity index (χ4n) is 1.33. The van der Waals surface area contributed by atoms with Gasteiger partial charge in [0, 0.05) is 13.6 Å². The number of hydrogen-bond acceptors (Lipinski definition) is 4. The maximum Gasteiger partial charge on any atom is 0.356 e. The molecular weight excluding hydrogens is 174 g/mol. The summed E-state index contributed by atoms with van der Waals surface area (Å²) < 4.78 is 6.47. The van der Waals surface area contributed by atoms with Crippen molar-refractivity contribution in [2.45, 2.75) is 0 Å². The van der Waals surface area contributed by atoms with Crippen LogP contribution in [0.25, 0.3) is 0 Å². The summed E-state index contributed by atoms with van der Waals surface area (Å²) in [5.74, 6) is -0.639. The number of ether oxygens (including phenoxy) is 1. The highest BCUT2D eigenvalue weighted by atomic mass is 16.5. The molecule has 0 spiro atoms. The Morgan fingerprint density at radius 1 is 1.77 bits per heavy atom. The molecule has 0 amide bonds. The van der Waals surface area contributed by atoms with Crippen LogP contribution in [0.15, 0.2) is 0 Å². The van der Waals surface area contributed by atoms with Crippen LogP contribution in [0.5, 0.6) is 5.88 Å². The van der Waals surface area contributed by atoms with E-state index in [9.17, 15) is 4.79 Å². The first kappa shape index (κ1) is 7.90. The minimum absolute atomic E-state index is 0.134. The quantitative estimate of drug-likeness (QED) is 0.637. The first-order valence-corrected chi connectivity index (χ1v) is 3.87. The minimum atomic E-state index is -1.01. The van der Waals surface area contributed by atoms with Gasteiger partial charge in [-0.1, -0.05) is 0 Å². The predicted molar refractivity (Wildman–Crippen MR) is 44.2 cm³/mol. The smallest absolute Gasteiger partial charge is 0.356 e. The number of carboxylic acid groups (broad SMARTS) is 1. The number of hydrogen-bond donors (Lipinski definition) is 2. The third-order valence-electron chi connectivity index (χ3n) is 1.86. The largest absolute Gasteiger partial charge is 0.476 e. The lowest BCUT2D eigenvalue weighted by Gasteiger charge is -2.13. The van der Waals surface area contributed by atoms with Gasteiger partial charge in [-0.15, -0.1) is 5.10 Å². The molecule has 1 aromatic rings. The molecule has 6 nitrogen and oxygen atoms in total. The molecule has 0 fully saturated rings. The highest BCUT2D eigenvalue weighted by Gasteiger charge is 2.24. The third-order valence-corrected chi connectivity index (χ3v) is 1.86. The van der Waals surface area contributed by atoms with Gasteiger partial charge >= 0.3 is 5.97 Å². The summed E-state index contributed by atoms with van der Waals surface area (Å²) in [5.41, 5.74) is 0.607. The van der Waals surface area contributed by atoms with E-state index in [0.29, 0.717) is 24.7 Å². The number of fused-ring (bicyclic) bond motifs is 1. The van der Waals surface area contributed by atoms with E-state index in [0.717, 1.165) is 0 Å². The molecule has 2 rings (SSSR count). The summed E-state index contributed by atoms with van der Waals surface area (Å²) in [4.78, 5) is 10.8. The van der Waals surface area contributed by atoms with Gasteiger partial charge in [-0.3, -0.25) is 4.68 Å². The Kier molecular flexibility index (Phi) is 1.61. The van der Waals surface area contributed by atoms with E-state index >= 15 is 0 Å². The SMILES string of the molecule is Cn1nc2c(c1C(=O)O)NCCO2. The Hall–Kier alpha value is -1.72. The first-order valence-electron chi connectivity index (χ1n) is 3.87. The van der Waals surface area contributed by atoms with E-state index in [1.54, 1.807) is 7.05 Å². The molecule has 0 aromatic carbocycles. The molecule has 1 aliphatic heterocycles. The number of aryl methyl sites for hydroxylation is 1. The highest BCUT2D eigenvalue weighted by Crippen LogP contribution is 2.29. The second-order valence-corrected chi connectivity index (χ2v) is 2.73. The summed E-state index contributed by atoms with van der Waals surface area (Å²) >= 11 is 0. The summed E-state index contributed by atoms with van der Waals surface area (Å²) in [5, 5.41) is 15.7. The van der Waals surface area contributed by atoms with Crippen molar-refractivity contribution in [1.29, 1.82) is 0 Å². The van der Waals surface area contributed by atoms with Crippen molar-refractivity contribution in [3.8, 4) is 5.88 Å². The van der Waals surface area contributed by atoms with Crippen LogP contribution in [0.3, 0.4) is 0 Å². The van der Waals surface area contributed by atoms with Crippen LogP contribution < -0.4 is 10.1 Å². The van der Waals surface area contributed by atoms with Gasteiger partial charge in [0.2, 0.25) is 0 Å². The Morgan fingerprint density at radius 3 is 3.23 bits per heavy atom. The van der Waals surface area contributed by atoms with Crippen molar-refractivity contribution < 1.29 is 14.6 Å². The zero-order valence-electron chi connectivity index (χ0n) is 7.07. The van der Waals surface area contributed by atoms with Crippen LogP contribution in [-0.4, -0.2) is 34.0 Å². The van der Waals surface area contributed by atoms with Gasteiger partial charge < -0.3 is 15.2 Å². The Bertz CT molecular complexity index is 358. The molecule has 0 saturated carbocycles. The number of nitrogens with zero attached hydrogens (tertiary/aromatic N) is 2. The van der Waals surface area contributed by atoms with Crippen molar-refractivity contribution in [1.82, 2.24) is 9.78 Å². The summed E-state index contributed by atoms with van der Waals surface area (Å²) in [6, 6.07) is 0. The first-order chi connectivity index (χ1) is 6.20. The zero-order valence-corrected chi connectivity index (χ0v) is 7.07. The average molecular weight is 183 g/mol. The number of carboxylic acids is 1. The standard InChI is InChI=1S/C7H9N3O3/c1-10-5(7(11)12)4-6(9-10)13-3-2-8-4/h8H,2-3H2,1H3,(H,11,12). The number of anilines is 1. The van der Waals surface area contributed by atoms with Crippen LogP contribution in [-0.2, 0) is 7.05 Å². The van der Waals surface area contributed by atoms with Gasteiger partial charge in [-0.25, -0.2) is 4.79 Å². The highest BCUT2D eigenvalue weighted by molar-refractivity contribution is 5.94. The molecule has 2 heterocycles. The molecule has 70 valence electrons. The minimum Gasteiger partial charge on any atom is -0.476 e. The molecule has 2 N–H and O–H groups in total. The summed E-state index contributed by atoms with van der Waals surface area (Å²) in [6.45, 7) is 1.13. The van der Waals surface area contributed by atoms with Crippen LogP contribution in [0, 0.1) is 0 Å². The number of carbonyl (C=O) groups is 1. The van der Waals surface area contributed by atoms with Crippen molar-refractivity contribution in [3.63, 3.8) is 0 Å². The predicted octanol–water partition coefficient (Wildman–Crippen LogP) is -0.0774. The topological polar surface area (TPSA) is 76.4 Å². The molecule has 0 unspecified atom stereocenters. The number of aromatic carboxylic acids is 1. The molecule has 0 atom stereocenters. The lowest BCUT2D eigenvalue weighted by Crippen LogP contribution is -2.19. The van der Waals surface area contributed by atoms with Gasteiger partial charge in [0.25, 0.3) is 5.88 Å². The molecule has 1 aromatic heterocycles. The summed E-state index contributed by atoms with van der Waals surface area (Å²) in [7, 11) is 1.58. The van der Waals surface area contributed by atoms with Crippen LogP contribution in [0.2, 0.25) is 0 Å². The van der Waals surface area contributed by atoms with E-state index in [1.165, 1.54) is 4.68 Å². The Labute approximate surface area is 74.1 Å². The van der Waals surface area contributed by atoms with E-state index in [-0.39, 0.29) is 5.69 Å². The monoisotopic (exact) mass is 183 g/mol. The van der Waals surface area contributed by atoms with Gasteiger partial charge in [0.15, 0.2) is 5.69 Å². The molecule has 0 bridgehead atoms. The average Bonchev–Trinajstić information content (AvgIpc) is 2.39. The van der Waals surface area contributed by atoms with E-state index in [4.69, 9.17) is 9.84 Å². The van der Waals surface area contributed by atoms with Crippen molar-refractivity contribution in [3.05, 3.63) is 5.69 Å². The van der Waals surface area contributed by atoms with E-state index in [1.807, 2.05) is 0 Å².